The van der Waals surface area contributed by atoms with Gasteiger partial charge in [0.05, 0.1) is 0 Å². The molecule has 0 aromatic heterocycles. The molecule has 2 unspecified atom stereocenters. The predicted octanol–water partition coefficient (Wildman–Crippen LogP) is 2.19. The molecule has 2 heteroatoms. The van der Waals surface area contributed by atoms with Gasteiger partial charge in [0.15, 0.2) is 0 Å². The van der Waals surface area contributed by atoms with E-state index in [-0.39, 0.29) is 11.4 Å². The summed E-state index contributed by atoms with van der Waals surface area (Å²) < 4.78 is 0. The normalized spacial score (nSPS) is 27.5. The Labute approximate surface area is 81.1 Å². The van der Waals surface area contributed by atoms with E-state index >= 15 is 0 Å². The first-order valence-electron chi connectivity index (χ1n) is 5.13. The second-order valence-corrected chi connectivity index (χ2v) is 5.49. The van der Waals surface area contributed by atoms with Crippen molar-refractivity contribution < 1.29 is 4.79 Å². The third-order valence-corrected chi connectivity index (χ3v) is 2.53. The van der Waals surface area contributed by atoms with Crippen molar-refractivity contribution in [2.45, 2.75) is 46.6 Å². The smallest absolute Gasteiger partial charge is 0.223 e. The molecule has 0 radical (unpaired) electrons. The highest BCUT2D eigenvalue weighted by molar-refractivity contribution is 5.82. The Hall–Kier alpha value is -0.530. The summed E-state index contributed by atoms with van der Waals surface area (Å²) in [6, 6.07) is 0. The zero-order chi connectivity index (χ0) is 10.2. The summed E-state index contributed by atoms with van der Waals surface area (Å²) in [6.45, 7) is 10.5. The van der Waals surface area contributed by atoms with Crippen LogP contribution in [0, 0.1) is 17.8 Å². The van der Waals surface area contributed by atoms with Crippen molar-refractivity contribution in [3.05, 3.63) is 0 Å². The lowest BCUT2D eigenvalue weighted by Crippen LogP contribution is -2.41. The quantitative estimate of drug-likeness (QED) is 0.698. The van der Waals surface area contributed by atoms with Gasteiger partial charge in [-0.3, -0.25) is 4.79 Å². The zero-order valence-electron chi connectivity index (χ0n) is 9.35. The van der Waals surface area contributed by atoms with Gasteiger partial charge in [-0.2, -0.15) is 0 Å². The van der Waals surface area contributed by atoms with Crippen LogP contribution in [0.3, 0.4) is 0 Å². The fraction of sp³-hybridized carbons (Fsp3) is 0.909. The van der Waals surface area contributed by atoms with Gasteiger partial charge in [0, 0.05) is 11.5 Å². The van der Waals surface area contributed by atoms with Crippen LogP contribution in [0.2, 0.25) is 0 Å². The molecule has 0 aromatic rings. The monoisotopic (exact) mass is 183 g/mol. The fourth-order valence-corrected chi connectivity index (χ4v) is 1.72. The van der Waals surface area contributed by atoms with E-state index in [1.54, 1.807) is 0 Å². The van der Waals surface area contributed by atoms with Gasteiger partial charge in [-0.05, 0) is 39.0 Å². The third kappa shape index (κ3) is 3.02. The minimum absolute atomic E-state index is 0.0821. The van der Waals surface area contributed by atoms with Crippen molar-refractivity contribution in [2.24, 2.45) is 17.8 Å². The van der Waals surface area contributed by atoms with Crippen molar-refractivity contribution in [3.63, 3.8) is 0 Å². The van der Waals surface area contributed by atoms with E-state index in [2.05, 4.69) is 19.2 Å². The Balaban J connectivity index is 2.36. The maximum Gasteiger partial charge on any atom is 0.223 e. The van der Waals surface area contributed by atoms with Crippen LogP contribution in [0.25, 0.3) is 0 Å². The topological polar surface area (TPSA) is 29.1 Å². The molecule has 0 bridgehead atoms. The van der Waals surface area contributed by atoms with Gasteiger partial charge in [0.2, 0.25) is 5.91 Å². The van der Waals surface area contributed by atoms with E-state index in [0.29, 0.717) is 17.8 Å². The lowest BCUT2D eigenvalue weighted by Gasteiger charge is -2.20. The van der Waals surface area contributed by atoms with Crippen molar-refractivity contribution in [2.75, 3.05) is 0 Å². The number of carbonyl (C=O) groups excluding carboxylic acids is 1. The molecule has 1 aliphatic carbocycles. The van der Waals surface area contributed by atoms with Crippen molar-refractivity contribution in [1.82, 2.24) is 5.32 Å². The van der Waals surface area contributed by atoms with Crippen LogP contribution in [0.1, 0.15) is 41.0 Å². The first-order chi connectivity index (χ1) is 5.81. The van der Waals surface area contributed by atoms with Gasteiger partial charge in [-0.1, -0.05) is 13.8 Å². The van der Waals surface area contributed by atoms with Crippen LogP contribution in [0.4, 0.5) is 0 Å². The molecule has 1 amide bonds. The predicted molar refractivity (Wildman–Crippen MR) is 54.3 cm³/mol. The van der Waals surface area contributed by atoms with Gasteiger partial charge in [0.25, 0.3) is 0 Å². The second-order valence-electron chi connectivity index (χ2n) is 5.49. The molecule has 0 spiro atoms. The van der Waals surface area contributed by atoms with Gasteiger partial charge in [-0.15, -0.1) is 0 Å². The second kappa shape index (κ2) is 3.32. The minimum atomic E-state index is -0.0821. The molecule has 1 N–H and O–H groups in total. The Kier molecular flexibility index (Phi) is 2.69. The number of amides is 1. The number of rotatable bonds is 2. The molecule has 2 atom stereocenters. The molecule has 0 aromatic carbocycles. The highest BCUT2D eigenvalue weighted by atomic mass is 16.2. The summed E-state index contributed by atoms with van der Waals surface area (Å²) >= 11 is 0. The van der Waals surface area contributed by atoms with E-state index in [0.717, 1.165) is 6.42 Å². The van der Waals surface area contributed by atoms with E-state index in [1.807, 2.05) is 20.8 Å². The number of hydrogen-bond acceptors (Lipinski definition) is 1. The van der Waals surface area contributed by atoms with Crippen molar-refractivity contribution in [1.29, 1.82) is 0 Å². The molecule has 0 saturated heterocycles. The maximum absolute atomic E-state index is 11.6. The average molecular weight is 183 g/mol. The molecule has 1 rings (SSSR count). The van der Waals surface area contributed by atoms with E-state index in [4.69, 9.17) is 0 Å². The fourth-order valence-electron chi connectivity index (χ4n) is 1.72. The van der Waals surface area contributed by atoms with E-state index in [1.165, 1.54) is 0 Å². The Morgan fingerprint density at radius 3 is 2.23 bits per heavy atom. The Morgan fingerprint density at radius 1 is 1.38 bits per heavy atom. The summed E-state index contributed by atoms with van der Waals surface area (Å²) in [5, 5.41) is 3.03. The molecular formula is C11H21NO. The van der Waals surface area contributed by atoms with E-state index < -0.39 is 0 Å². The van der Waals surface area contributed by atoms with Crippen LogP contribution in [-0.4, -0.2) is 11.4 Å². The standard InChI is InChI=1S/C11H21NO/c1-7(2)8-6-9(8)10(13)12-11(3,4)5/h7-9H,6H2,1-5H3,(H,12,13). The first-order valence-corrected chi connectivity index (χ1v) is 5.13. The van der Waals surface area contributed by atoms with Crippen LogP contribution in [0.15, 0.2) is 0 Å². The molecule has 1 saturated carbocycles. The average Bonchev–Trinajstić information content (AvgIpc) is 2.58. The summed E-state index contributed by atoms with van der Waals surface area (Å²) in [6.07, 6.45) is 1.08. The zero-order valence-corrected chi connectivity index (χ0v) is 9.35. The molecule has 76 valence electrons. The Bertz CT molecular complexity index is 203. The lowest BCUT2D eigenvalue weighted by molar-refractivity contribution is -0.124. The van der Waals surface area contributed by atoms with Gasteiger partial charge >= 0.3 is 0 Å². The Morgan fingerprint density at radius 2 is 1.92 bits per heavy atom. The molecule has 1 fully saturated rings. The maximum atomic E-state index is 11.6. The largest absolute Gasteiger partial charge is 0.351 e. The van der Waals surface area contributed by atoms with E-state index in [9.17, 15) is 4.79 Å². The molecule has 13 heavy (non-hydrogen) atoms. The third-order valence-electron chi connectivity index (χ3n) is 2.53. The summed E-state index contributed by atoms with van der Waals surface area (Å²) in [4.78, 5) is 11.6. The van der Waals surface area contributed by atoms with Crippen LogP contribution in [-0.2, 0) is 4.79 Å². The SMILES string of the molecule is CC(C)C1CC1C(=O)NC(C)(C)C. The summed E-state index contributed by atoms with van der Waals surface area (Å²) in [5.74, 6) is 1.81. The molecule has 0 heterocycles. The molecule has 2 nitrogen and oxygen atoms in total. The minimum Gasteiger partial charge on any atom is -0.351 e. The lowest BCUT2D eigenvalue weighted by atomic mass is 10.1. The van der Waals surface area contributed by atoms with Crippen molar-refractivity contribution in [3.8, 4) is 0 Å². The number of hydrogen-bond donors (Lipinski definition) is 1. The molecule has 1 aliphatic rings. The summed E-state index contributed by atoms with van der Waals surface area (Å²) in [7, 11) is 0. The molecule has 0 aliphatic heterocycles. The van der Waals surface area contributed by atoms with Crippen LogP contribution in [0.5, 0.6) is 0 Å². The highest BCUT2D eigenvalue weighted by Crippen LogP contribution is 2.44. The van der Waals surface area contributed by atoms with Gasteiger partial charge < -0.3 is 5.32 Å². The van der Waals surface area contributed by atoms with Crippen LogP contribution >= 0.6 is 0 Å². The van der Waals surface area contributed by atoms with Gasteiger partial charge in [-0.25, -0.2) is 0 Å². The first kappa shape index (κ1) is 10.6. The number of carbonyl (C=O) groups is 1. The summed E-state index contributed by atoms with van der Waals surface area (Å²) in [5.41, 5.74) is -0.0821. The van der Waals surface area contributed by atoms with Crippen LogP contribution < -0.4 is 5.32 Å². The number of nitrogens with one attached hydrogen (secondary N) is 1. The van der Waals surface area contributed by atoms with Gasteiger partial charge in [0.1, 0.15) is 0 Å². The highest BCUT2D eigenvalue weighted by Gasteiger charge is 2.45. The van der Waals surface area contributed by atoms with Crippen molar-refractivity contribution >= 4 is 5.91 Å². The molecular weight excluding hydrogens is 162 g/mol.